The Morgan fingerprint density at radius 3 is 2.60 bits per heavy atom. The molecule has 0 aliphatic carbocycles. The van der Waals surface area contributed by atoms with Crippen LogP contribution in [-0.4, -0.2) is 19.1 Å². The van der Waals surface area contributed by atoms with E-state index in [0.29, 0.717) is 5.75 Å². The molecule has 0 fully saturated rings. The molecule has 0 saturated carbocycles. The Hall–Kier alpha value is -2.07. The van der Waals surface area contributed by atoms with Gasteiger partial charge in [0.05, 0.1) is 11.9 Å². The van der Waals surface area contributed by atoms with Crippen molar-refractivity contribution in [1.29, 1.82) is 0 Å². The number of anilines is 1. The molecule has 0 aliphatic rings. The third-order valence-corrected chi connectivity index (χ3v) is 3.15. The van der Waals surface area contributed by atoms with E-state index in [1.807, 2.05) is 62.3 Å². The summed E-state index contributed by atoms with van der Waals surface area (Å²) in [7, 11) is 4.00. The Kier molecular flexibility index (Phi) is 4.58. The summed E-state index contributed by atoms with van der Waals surface area (Å²) in [5.74, 6) is 1.51. The van der Waals surface area contributed by atoms with Crippen LogP contribution in [0.1, 0.15) is 25.1 Å². The SMILES string of the molecule is CC[C@H](N)c1ccc(Oc2cccc(N(C)C)c2)cn1. The third-order valence-electron chi connectivity index (χ3n) is 3.15. The first-order valence-electron chi connectivity index (χ1n) is 6.77. The minimum Gasteiger partial charge on any atom is -0.456 e. The Balaban J connectivity index is 2.12. The summed E-state index contributed by atoms with van der Waals surface area (Å²) in [5, 5.41) is 0. The molecule has 0 aliphatic heterocycles. The van der Waals surface area contributed by atoms with Crippen LogP contribution in [0.25, 0.3) is 0 Å². The van der Waals surface area contributed by atoms with Crippen LogP contribution in [0.15, 0.2) is 42.6 Å². The molecule has 0 spiro atoms. The lowest BCUT2D eigenvalue weighted by Crippen LogP contribution is -2.10. The highest BCUT2D eigenvalue weighted by Gasteiger charge is 2.05. The van der Waals surface area contributed by atoms with E-state index in [1.165, 1.54) is 0 Å². The van der Waals surface area contributed by atoms with E-state index in [4.69, 9.17) is 10.5 Å². The molecule has 2 N–H and O–H groups in total. The molecule has 2 aromatic rings. The maximum atomic E-state index is 5.94. The van der Waals surface area contributed by atoms with Gasteiger partial charge in [0.2, 0.25) is 0 Å². The number of rotatable bonds is 5. The number of nitrogens with zero attached hydrogens (tertiary/aromatic N) is 2. The summed E-state index contributed by atoms with van der Waals surface area (Å²) in [6.07, 6.45) is 2.59. The molecule has 2 rings (SSSR count). The van der Waals surface area contributed by atoms with E-state index < -0.39 is 0 Å². The lowest BCUT2D eigenvalue weighted by molar-refractivity contribution is 0.479. The molecule has 0 unspecified atom stereocenters. The fraction of sp³-hybridized carbons (Fsp3) is 0.312. The largest absolute Gasteiger partial charge is 0.456 e. The maximum Gasteiger partial charge on any atom is 0.145 e. The molecule has 4 heteroatoms. The first-order valence-corrected chi connectivity index (χ1v) is 6.77. The van der Waals surface area contributed by atoms with Gasteiger partial charge in [-0.05, 0) is 30.7 Å². The van der Waals surface area contributed by atoms with Gasteiger partial charge < -0.3 is 15.4 Å². The van der Waals surface area contributed by atoms with Gasteiger partial charge in [0, 0.05) is 31.9 Å². The number of ether oxygens (including phenoxy) is 1. The zero-order chi connectivity index (χ0) is 14.5. The average molecular weight is 271 g/mol. The molecular weight excluding hydrogens is 250 g/mol. The minimum absolute atomic E-state index is 0.0129. The molecule has 1 heterocycles. The van der Waals surface area contributed by atoms with Gasteiger partial charge in [-0.3, -0.25) is 4.98 Å². The lowest BCUT2D eigenvalue weighted by atomic mass is 10.1. The molecule has 4 nitrogen and oxygen atoms in total. The Bertz CT molecular complexity index is 552. The fourth-order valence-corrected chi connectivity index (χ4v) is 1.84. The van der Waals surface area contributed by atoms with Crippen LogP contribution in [0, 0.1) is 0 Å². The van der Waals surface area contributed by atoms with Crippen molar-refractivity contribution >= 4 is 5.69 Å². The van der Waals surface area contributed by atoms with E-state index >= 15 is 0 Å². The van der Waals surface area contributed by atoms with Crippen molar-refractivity contribution in [3.63, 3.8) is 0 Å². The fourth-order valence-electron chi connectivity index (χ4n) is 1.84. The average Bonchev–Trinajstić information content (AvgIpc) is 2.47. The van der Waals surface area contributed by atoms with Crippen LogP contribution < -0.4 is 15.4 Å². The number of benzene rings is 1. The molecule has 1 atom stereocenters. The summed E-state index contributed by atoms with van der Waals surface area (Å²) in [4.78, 5) is 6.38. The first-order chi connectivity index (χ1) is 9.60. The van der Waals surface area contributed by atoms with Gasteiger partial charge in [-0.2, -0.15) is 0 Å². The Morgan fingerprint density at radius 2 is 2.00 bits per heavy atom. The maximum absolute atomic E-state index is 5.94. The van der Waals surface area contributed by atoms with E-state index in [2.05, 4.69) is 4.98 Å². The van der Waals surface area contributed by atoms with Gasteiger partial charge in [-0.15, -0.1) is 0 Å². The molecule has 0 amide bonds. The summed E-state index contributed by atoms with van der Waals surface area (Å²) in [5.41, 5.74) is 7.93. The quantitative estimate of drug-likeness (QED) is 0.906. The van der Waals surface area contributed by atoms with Crippen molar-refractivity contribution in [2.24, 2.45) is 5.73 Å². The van der Waals surface area contributed by atoms with Crippen molar-refractivity contribution in [2.75, 3.05) is 19.0 Å². The van der Waals surface area contributed by atoms with Crippen molar-refractivity contribution in [1.82, 2.24) is 4.98 Å². The monoisotopic (exact) mass is 271 g/mol. The van der Waals surface area contributed by atoms with Gasteiger partial charge in [-0.1, -0.05) is 13.0 Å². The van der Waals surface area contributed by atoms with Crippen molar-refractivity contribution in [3.05, 3.63) is 48.3 Å². The zero-order valence-electron chi connectivity index (χ0n) is 12.2. The van der Waals surface area contributed by atoms with E-state index in [-0.39, 0.29) is 6.04 Å². The number of hydrogen-bond acceptors (Lipinski definition) is 4. The van der Waals surface area contributed by atoms with Gasteiger partial charge in [-0.25, -0.2) is 0 Å². The van der Waals surface area contributed by atoms with E-state index in [1.54, 1.807) is 6.20 Å². The summed E-state index contributed by atoms with van der Waals surface area (Å²) in [6, 6.07) is 11.7. The van der Waals surface area contributed by atoms with Gasteiger partial charge in [0.25, 0.3) is 0 Å². The molecule has 0 bridgehead atoms. The summed E-state index contributed by atoms with van der Waals surface area (Å²) in [6.45, 7) is 2.05. The molecule has 0 radical (unpaired) electrons. The normalized spacial score (nSPS) is 12.0. The van der Waals surface area contributed by atoms with E-state index in [0.717, 1.165) is 23.6 Å². The third kappa shape index (κ3) is 3.48. The number of nitrogens with two attached hydrogens (primary N) is 1. The molecule has 1 aromatic heterocycles. The molecule has 20 heavy (non-hydrogen) atoms. The van der Waals surface area contributed by atoms with Crippen LogP contribution in [0.5, 0.6) is 11.5 Å². The summed E-state index contributed by atoms with van der Waals surface area (Å²) >= 11 is 0. The first kappa shape index (κ1) is 14.3. The lowest BCUT2D eigenvalue weighted by Gasteiger charge is -2.14. The van der Waals surface area contributed by atoms with E-state index in [9.17, 15) is 0 Å². The predicted molar refractivity (Wildman–Crippen MR) is 82.3 cm³/mol. The zero-order valence-corrected chi connectivity index (χ0v) is 12.2. The van der Waals surface area contributed by atoms with Crippen LogP contribution in [0.3, 0.4) is 0 Å². The number of pyridine rings is 1. The Morgan fingerprint density at radius 1 is 1.20 bits per heavy atom. The highest BCUT2D eigenvalue weighted by Crippen LogP contribution is 2.25. The number of aromatic nitrogens is 1. The minimum atomic E-state index is -0.0129. The smallest absolute Gasteiger partial charge is 0.145 e. The van der Waals surface area contributed by atoms with Gasteiger partial charge in [0.15, 0.2) is 0 Å². The number of hydrogen-bond donors (Lipinski definition) is 1. The van der Waals surface area contributed by atoms with Crippen LogP contribution in [0.4, 0.5) is 5.69 Å². The highest BCUT2D eigenvalue weighted by atomic mass is 16.5. The van der Waals surface area contributed by atoms with Crippen LogP contribution in [-0.2, 0) is 0 Å². The highest BCUT2D eigenvalue weighted by molar-refractivity contribution is 5.50. The Labute approximate surface area is 120 Å². The second kappa shape index (κ2) is 6.39. The molecular formula is C16H21N3O. The molecule has 0 saturated heterocycles. The second-order valence-corrected chi connectivity index (χ2v) is 4.93. The molecule has 106 valence electrons. The molecule has 1 aromatic carbocycles. The van der Waals surface area contributed by atoms with Gasteiger partial charge in [0.1, 0.15) is 11.5 Å². The standard InChI is InChI=1S/C16H21N3O/c1-4-15(17)16-9-8-14(11-18-16)20-13-7-5-6-12(10-13)19(2)3/h5-11,15H,4,17H2,1-3H3/t15-/m0/s1. The van der Waals surface area contributed by atoms with Crippen LogP contribution >= 0.6 is 0 Å². The second-order valence-electron chi connectivity index (χ2n) is 4.93. The topological polar surface area (TPSA) is 51.4 Å². The van der Waals surface area contributed by atoms with Gasteiger partial charge >= 0.3 is 0 Å². The summed E-state index contributed by atoms with van der Waals surface area (Å²) < 4.78 is 5.81. The van der Waals surface area contributed by atoms with Crippen molar-refractivity contribution in [2.45, 2.75) is 19.4 Å². The van der Waals surface area contributed by atoms with Crippen molar-refractivity contribution in [3.8, 4) is 11.5 Å². The van der Waals surface area contributed by atoms with Crippen LogP contribution in [0.2, 0.25) is 0 Å². The van der Waals surface area contributed by atoms with Crippen molar-refractivity contribution < 1.29 is 4.74 Å². The predicted octanol–water partition coefficient (Wildman–Crippen LogP) is 3.35.